The number of Topliss-reactive ketones (excluding diaryl/α,β-unsaturated/α-hetero) is 1. The lowest BCUT2D eigenvalue weighted by atomic mass is 10.0. The molecule has 3 heterocycles. The molecule has 4 aromatic rings. The van der Waals surface area contributed by atoms with Crippen LogP contribution in [0.25, 0.3) is 11.3 Å². The van der Waals surface area contributed by atoms with Crippen molar-refractivity contribution in [2.45, 2.75) is 42.8 Å². The van der Waals surface area contributed by atoms with E-state index in [0.717, 1.165) is 12.1 Å². The molecule has 6 rings (SSSR count). The molecule has 2 aliphatic heterocycles. The summed E-state index contributed by atoms with van der Waals surface area (Å²) in [5.74, 6) is -0.185. The molecule has 0 unspecified atom stereocenters. The van der Waals surface area contributed by atoms with Gasteiger partial charge in [0.25, 0.3) is 0 Å². The third-order valence-electron chi connectivity index (χ3n) is 8.58. The normalized spacial score (nSPS) is 17.7. The standard InChI is InChI=1S/C34H33F4N5O3S/c35-28-9-4-5-10-30(28)41-19-21-42(22-20-41)33-39-26(23-29(40-33)24-12-14-25(15-13-24)34(36,37)38)16-17-32(44)31-11-6-18-43(31)47(45,46)27-7-2-1-3-8-27/h1-5,7-10,12-15,23,31H,6,11,16-22H2/t31-/m0/s1. The lowest BCUT2D eigenvalue weighted by Crippen LogP contribution is -2.47. The first kappa shape index (κ1) is 32.6. The van der Waals surface area contributed by atoms with Gasteiger partial charge in [0, 0.05) is 50.4 Å². The van der Waals surface area contributed by atoms with E-state index in [4.69, 9.17) is 4.98 Å². The van der Waals surface area contributed by atoms with Crippen LogP contribution in [0.5, 0.6) is 0 Å². The van der Waals surface area contributed by atoms with Crippen LogP contribution in [-0.2, 0) is 27.4 Å². The molecule has 0 bridgehead atoms. The number of benzene rings is 3. The largest absolute Gasteiger partial charge is 0.416 e. The van der Waals surface area contributed by atoms with Crippen LogP contribution in [0, 0.1) is 5.82 Å². The molecule has 0 spiro atoms. The van der Waals surface area contributed by atoms with Crippen LogP contribution in [0.15, 0.2) is 89.8 Å². The van der Waals surface area contributed by atoms with Gasteiger partial charge in [0.05, 0.1) is 27.9 Å². The maximum atomic E-state index is 14.4. The summed E-state index contributed by atoms with van der Waals surface area (Å²) in [5.41, 5.74) is 1.08. The zero-order valence-electron chi connectivity index (χ0n) is 25.4. The van der Waals surface area contributed by atoms with Crippen molar-refractivity contribution in [3.8, 4) is 11.3 Å². The zero-order chi connectivity index (χ0) is 33.2. The first-order valence-corrected chi connectivity index (χ1v) is 16.8. The molecule has 0 N–H and O–H groups in total. The Morgan fingerprint density at radius 2 is 1.49 bits per heavy atom. The van der Waals surface area contributed by atoms with Gasteiger partial charge in [-0.15, -0.1) is 0 Å². The predicted molar refractivity (Wildman–Crippen MR) is 170 cm³/mol. The number of para-hydroxylation sites is 1. The molecule has 0 amide bonds. The van der Waals surface area contributed by atoms with Crippen molar-refractivity contribution in [3.63, 3.8) is 0 Å². The molecule has 2 saturated heterocycles. The fraction of sp³-hybridized carbons (Fsp3) is 0.324. The minimum Gasteiger partial charge on any atom is -0.366 e. The Kier molecular flexibility index (Phi) is 9.29. The number of aryl methyl sites for hydroxylation is 1. The molecule has 47 heavy (non-hydrogen) atoms. The molecule has 3 aromatic carbocycles. The first-order valence-electron chi connectivity index (χ1n) is 15.4. The second kappa shape index (κ2) is 13.4. The van der Waals surface area contributed by atoms with Crippen molar-refractivity contribution in [1.29, 1.82) is 0 Å². The highest BCUT2D eigenvalue weighted by Gasteiger charge is 2.39. The lowest BCUT2D eigenvalue weighted by molar-refractivity contribution is -0.137. The number of hydrogen-bond donors (Lipinski definition) is 0. The van der Waals surface area contributed by atoms with Crippen LogP contribution in [0.4, 0.5) is 29.2 Å². The van der Waals surface area contributed by atoms with Gasteiger partial charge in [0.1, 0.15) is 5.82 Å². The molecule has 8 nitrogen and oxygen atoms in total. The number of hydrogen-bond acceptors (Lipinski definition) is 7. The Hall–Kier alpha value is -4.36. The maximum Gasteiger partial charge on any atom is 0.416 e. The van der Waals surface area contributed by atoms with Gasteiger partial charge in [0.15, 0.2) is 5.78 Å². The number of aromatic nitrogens is 2. The average Bonchev–Trinajstić information content (AvgIpc) is 3.59. The van der Waals surface area contributed by atoms with Crippen LogP contribution in [0.2, 0.25) is 0 Å². The number of carbonyl (C=O) groups is 1. The second-order valence-electron chi connectivity index (χ2n) is 11.6. The number of alkyl halides is 3. The van der Waals surface area contributed by atoms with E-state index >= 15 is 0 Å². The Bertz CT molecular complexity index is 1830. The summed E-state index contributed by atoms with van der Waals surface area (Å²) in [6.07, 6.45) is -3.29. The minimum atomic E-state index is -4.49. The average molecular weight is 668 g/mol. The highest BCUT2D eigenvalue weighted by atomic mass is 32.2. The number of anilines is 2. The summed E-state index contributed by atoms with van der Waals surface area (Å²) in [5, 5.41) is 0. The molecule has 246 valence electrons. The first-order chi connectivity index (χ1) is 22.5. The van der Waals surface area contributed by atoms with Crippen LogP contribution < -0.4 is 9.80 Å². The minimum absolute atomic E-state index is 0.0233. The monoisotopic (exact) mass is 667 g/mol. The van der Waals surface area contributed by atoms with E-state index < -0.39 is 27.8 Å². The molecule has 13 heteroatoms. The van der Waals surface area contributed by atoms with Crippen molar-refractivity contribution >= 4 is 27.4 Å². The highest BCUT2D eigenvalue weighted by Crippen LogP contribution is 2.32. The maximum absolute atomic E-state index is 14.4. The van der Waals surface area contributed by atoms with Crippen molar-refractivity contribution in [3.05, 3.63) is 102 Å². The third-order valence-corrected chi connectivity index (χ3v) is 10.5. The van der Waals surface area contributed by atoms with Crippen molar-refractivity contribution in [1.82, 2.24) is 14.3 Å². The lowest BCUT2D eigenvalue weighted by Gasteiger charge is -2.36. The number of rotatable bonds is 9. The molecule has 0 aliphatic carbocycles. The van der Waals surface area contributed by atoms with Gasteiger partial charge in [-0.1, -0.05) is 42.5 Å². The molecule has 0 saturated carbocycles. The van der Waals surface area contributed by atoms with Gasteiger partial charge >= 0.3 is 6.18 Å². The summed E-state index contributed by atoms with van der Waals surface area (Å²) in [6, 6.07) is 20.1. The van der Waals surface area contributed by atoms with Gasteiger partial charge in [-0.05, 0) is 61.7 Å². The molecular weight excluding hydrogens is 634 g/mol. The predicted octanol–water partition coefficient (Wildman–Crippen LogP) is 5.98. The van der Waals surface area contributed by atoms with Crippen molar-refractivity contribution in [2.24, 2.45) is 0 Å². The fourth-order valence-corrected chi connectivity index (χ4v) is 7.78. The summed E-state index contributed by atoms with van der Waals surface area (Å²) >= 11 is 0. The van der Waals surface area contributed by atoms with Crippen LogP contribution >= 0.6 is 0 Å². The van der Waals surface area contributed by atoms with Gasteiger partial charge in [-0.3, -0.25) is 4.79 Å². The molecular formula is C34H33F4N5O3S. The molecule has 0 radical (unpaired) electrons. The number of nitrogens with zero attached hydrogens (tertiary/aromatic N) is 5. The number of piperazine rings is 1. The van der Waals surface area contributed by atoms with E-state index in [-0.39, 0.29) is 35.9 Å². The van der Waals surface area contributed by atoms with Crippen molar-refractivity contribution < 1.29 is 30.8 Å². The summed E-state index contributed by atoms with van der Waals surface area (Å²) in [4.78, 5) is 26.9. The van der Waals surface area contributed by atoms with Gasteiger partial charge in [0.2, 0.25) is 16.0 Å². The highest BCUT2D eigenvalue weighted by molar-refractivity contribution is 7.89. The Balaban J connectivity index is 1.23. The summed E-state index contributed by atoms with van der Waals surface area (Å²) in [6.45, 7) is 2.18. The smallest absolute Gasteiger partial charge is 0.366 e. The Morgan fingerprint density at radius 1 is 0.830 bits per heavy atom. The SMILES string of the molecule is O=C(CCc1cc(-c2ccc(C(F)(F)F)cc2)nc(N2CCN(c3ccccc3F)CC2)n1)[C@@H]1CCCN1S(=O)(=O)c1ccccc1. The molecule has 2 fully saturated rings. The van der Waals surface area contributed by atoms with Crippen LogP contribution in [0.3, 0.4) is 0 Å². The summed E-state index contributed by atoms with van der Waals surface area (Å²) < 4.78 is 82.0. The molecule has 2 aliphatic rings. The van der Waals surface area contributed by atoms with E-state index in [0.29, 0.717) is 67.6 Å². The van der Waals surface area contributed by atoms with Crippen LogP contribution in [0.1, 0.15) is 30.5 Å². The number of sulfonamides is 1. The van der Waals surface area contributed by atoms with E-state index in [9.17, 15) is 30.8 Å². The van der Waals surface area contributed by atoms with Crippen molar-refractivity contribution in [2.75, 3.05) is 42.5 Å². The summed E-state index contributed by atoms with van der Waals surface area (Å²) in [7, 11) is -3.85. The van der Waals surface area contributed by atoms with E-state index in [1.54, 1.807) is 42.5 Å². The third kappa shape index (κ3) is 7.15. The quantitative estimate of drug-likeness (QED) is 0.203. The Labute approximate surface area is 270 Å². The van der Waals surface area contributed by atoms with Gasteiger partial charge in [-0.2, -0.15) is 17.5 Å². The second-order valence-corrected chi connectivity index (χ2v) is 13.5. The number of halogens is 4. The number of carbonyl (C=O) groups excluding carboxylic acids is 1. The molecule has 1 aromatic heterocycles. The zero-order valence-corrected chi connectivity index (χ0v) is 26.2. The number of ketones is 1. The van der Waals surface area contributed by atoms with Crippen LogP contribution in [-0.4, -0.2) is 67.2 Å². The topological polar surface area (TPSA) is 86.7 Å². The fourth-order valence-electron chi connectivity index (χ4n) is 6.08. The van der Waals surface area contributed by atoms with E-state index in [2.05, 4.69) is 4.98 Å². The van der Waals surface area contributed by atoms with E-state index in [1.165, 1.54) is 34.6 Å². The van der Waals surface area contributed by atoms with E-state index in [1.807, 2.05) is 9.80 Å². The van der Waals surface area contributed by atoms with Gasteiger partial charge < -0.3 is 9.80 Å². The molecule has 1 atom stereocenters. The Morgan fingerprint density at radius 3 is 2.17 bits per heavy atom. The van der Waals surface area contributed by atoms with Gasteiger partial charge in [-0.25, -0.2) is 22.8 Å².